The maximum atomic E-state index is 14.2. The fourth-order valence-electron chi connectivity index (χ4n) is 2.25. The summed E-state index contributed by atoms with van der Waals surface area (Å²) in [6.07, 6.45) is 7.89. The molecule has 0 aliphatic rings. The van der Waals surface area contributed by atoms with Gasteiger partial charge >= 0.3 is 5.97 Å². The van der Waals surface area contributed by atoms with Crippen molar-refractivity contribution in [1.82, 2.24) is 9.78 Å². The van der Waals surface area contributed by atoms with Crippen LogP contribution in [0.5, 0.6) is 0 Å². The molecule has 4 nitrogen and oxygen atoms in total. The van der Waals surface area contributed by atoms with E-state index in [4.69, 9.17) is 5.11 Å². The SMILES string of the molecule is CCCCCCn1cc(-c2cccc(C(=O)O)c2F)cn1. The fraction of sp³-hybridized carbons (Fsp3) is 0.375. The zero-order valence-corrected chi connectivity index (χ0v) is 12.1. The quantitative estimate of drug-likeness (QED) is 0.785. The van der Waals surface area contributed by atoms with Gasteiger partial charge in [0.1, 0.15) is 5.82 Å². The highest BCUT2D eigenvalue weighted by atomic mass is 19.1. The van der Waals surface area contributed by atoms with E-state index in [2.05, 4.69) is 12.0 Å². The molecule has 1 aromatic heterocycles. The molecule has 0 atom stereocenters. The van der Waals surface area contributed by atoms with Gasteiger partial charge in [0.15, 0.2) is 0 Å². The first-order valence-corrected chi connectivity index (χ1v) is 7.18. The molecular formula is C16H19FN2O2. The van der Waals surface area contributed by atoms with Crippen LogP contribution in [0.15, 0.2) is 30.6 Å². The number of hydrogen-bond donors (Lipinski definition) is 1. The normalized spacial score (nSPS) is 10.8. The van der Waals surface area contributed by atoms with Crippen LogP contribution in [0, 0.1) is 5.82 Å². The van der Waals surface area contributed by atoms with E-state index in [1.165, 1.54) is 18.9 Å². The number of rotatable bonds is 7. The Morgan fingerprint density at radius 3 is 2.86 bits per heavy atom. The van der Waals surface area contributed by atoms with Gasteiger partial charge in [0.25, 0.3) is 0 Å². The smallest absolute Gasteiger partial charge is 0.338 e. The number of halogens is 1. The molecule has 0 spiro atoms. The summed E-state index contributed by atoms with van der Waals surface area (Å²) >= 11 is 0. The number of aromatic nitrogens is 2. The van der Waals surface area contributed by atoms with E-state index in [9.17, 15) is 9.18 Å². The average molecular weight is 290 g/mol. The molecule has 1 N–H and O–H groups in total. The second-order valence-corrected chi connectivity index (χ2v) is 5.03. The number of nitrogens with zero attached hydrogens (tertiary/aromatic N) is 2. The second-order valence-electron chi connectivity index (χ2n) is 5.03. The molecule has 5 heteroatoms. The van der Waals surface area contributed by atoms with Crippen molar-refractivity contribution in [2.75, 3.05) is 0 Å². The fourth-order valence-corrected chi connectivity index (χ4v) is 2.25. The Balaban J connectivity index is 2.14. The molecule has 1 aromatic carbocycles. The second kappa shape index (κ2) is 7.02. The molecule has 0 saturated heterocycles. The van der Waals surface area contributed by atoms with E-state index in [1.54, 1.807) is 29.2 Å². The highest BCUT2D eigenvalue weighted by Crippen LogP contribution is 2.24. The predicted octanol–water partition coefficient (Wildman–Crippen LogP) is 3.97. The minimum absolute atomic E-state index is 0.273. The lowest BCUT2D eigenvalue weighted by atomic mass is 10.1. The van der Waals surface area contributed by atoms with Gasteiger partial charge in [0.05, 0.1) is 11.8 Å². The largest absolute Gasteiger partial charge is 0.478 e. The first-order chi connectivity index (χ1) is 10.1. The number of benzene rings is 1. The Morgan fingerprint density at radius 2 is 2.14 bits per heavy atom. The van der Waals surface area contributed by atoms with Crippen molar-refractivity contribution in [3.8, 4) is 11.1 Å². The first kappa shape index (κ1) is 15.2. The van der Waals surface area contributed by atoms with Crippen molar-refractivity contribution in [1.29, 1.82) is 0 Å². The molecule has 21 heavy (non-hydrogen) atoms. The van der Waals surface area contributed by atoms with Crippen LogP contribution in [0.1, 0.15) is 43.0 Å². The zero-order chi connectivity index (χ0) is 15.2. The summed E-state index contributed by atoms with van der Waals surface area (Å²) < 4.78 is 15.9. The van der Waals surface area contributed by atoms with Crippen LogP contribution in [0.4, 0.5) is 4.39 Å². The van der Waals surface area contributed by atoms with Crippen molar-refractivity contribution in [2.24, 2.45) is 0 Å². The maximum absolute atomic E-state index is 14.2. The van der Waals surface area contributed by atoms with Crippen LogP contribution in [0.2, 0.25) is 0 Å². The minimum Gasteiger partial charge on any atom is -0.478 e. The molecule has 0 unspecified atom stereocenters. The number of carbonyl (C=O) groups is 1. The first-order valence-electron chi connectivity index (χ1n) is 7.18. The molecule has 0 fully saturated rings. The maximum Gasteiger partial charge on any atom is 0.338 e. The standard InChI is InChI=1S/C16H19FN2O2/c1-2-3-4-5-9-19-11-12(10-18-19)13-7-6-8-14(15(13)17)16(20)21/h6-8,10-11H,2-5,9H2,1H3,(H,20,21). The van der Waals surface area contributed by atoms with Gasteiger partial charge in [-0.2, -0.15) is 5.10 Å². The topological polar surface area (TPSA) is 55.1 Å². The number of hydrogen-bond acceptors (Lipinski definition) is 2. The van der Waals surface area contributed by atoms with Gasteiger partial charge < -0.3 is 5.11 Å². The van der Waals surface area contributed by atoms with E-state index in [0.717, 1.165) is 19.4 Å². The summed E-state index contributed by atoms with van der Waals surface area (Å²) in [7, 11) is 0. The average Bonchev–Trinajstić information content (AvgIpc) is 2.92. The van der Waals surface area contributed by atoms with E-state index >= 15 is 0 Å². The molecule has 0 bridgehead atoms. The zero-order valence-electron chi connectivity index (χ0n) is 12.1. The van der Waals surface area contributed by atoms with Crippen LogP contribution in [-0.4, -0.2) is 20.9 Å². The van der Waals surface area contributed by atoms with E-state index in [0.29, 0.717) is 5.56 Å². The Kier molecular flexibility index (Phi) is 5.09. The van der Waals surface area contributed by atoms with Crippen LogP contribution in [-0.2, 0) is 6.54 Å². The van der Waals surface area contributed by atoms with Crippen LogP contribution in [0.3, 0.4) is 0 Å². The van der Waals surface area contributed by atoms with Crippen molar-refractivity contribution in [3.05, 3.63) is 42.0 Å². The van der Waals surface area contributed by atoms with Crippen LogP contribution in [0.25, 0.3) is 11.1 Å². The summed E-state index contributed by atoms with van der Waals surface area (Å²) in [5.74, 6) is -1.98. The number of aromatic carboxylic acids is 1. The van der Waals surface area contributed by atoms with Gasteiger partial charge in [-0.25, -0.2) is 9.18 Å². The Labute approximate surface area is 123 Å². The van der Waals surface area contributed by atoms with E-state index in [-0.39, 0.29) is 11.1 Å². The lowest BCUT2D eigenvalue weighted by Crippen LogP contribution is -2.01. The van der Waals surface area contributed by atoms with Crippen LogP contribution < -0.4 is 0 Å². The van der Waals surface area contributed by atoms with Crippen LogP contribution >= 0.6 is 0 Å². The molecule has 112 valence electrons. The summed E-state index contributed by atoms with van der Waals surface area (Å²) in [5.41, 5.74) is 0.559. The number of aryl methyl sites for hydroxylation is 1. The summed E-state index contributed by atoms with van der Waals surface area (Å²) in [5, 5.41) is 13.2. The molecular weight excluding hydrogens is 271 g/mol. The van der Waals surface area contributed by atoms with E-state index in [1.807, 2.05) is 0 Å². The Morgan fingerprint density at radius 1 is 1.33 bits per heavy atom. The van der Waals surface area contributed by atoms with E-state index < -0.39 is 11.8 Å². The number of carboxylic acids is 1. The van der Waals surface area contributed by atoms with Gasteiger partial charge in [-0.1, -0.05) is 38.3 Å². The predicted molar refractivity (Wildman–Crippen MR) is 78.7 cm³/mol. The van der Waals surface area contributed by atoms with Crippen molar-refractivity contribution < 1.29 is 14.3 Å². The number of unbranched alkanes of at least 4 members (excludes halogenated alkanes) is 3. The molecule has 0 radical (unpaired) electrons. The van der Waals surface area contributed by atoms with Crippen molar-refractivity contribution in [3.63, 3.8) is 0 Å². The lowest BCUT2D eigenvalue weighted by molar-refractivity contribution is 0.0692. The molecule has 0 aliphatic carbocycles. The third kappa shape index (κ3) is 3.68. The van der Waals surface area contributed by atoms with Gasteiger partial charge in [0.2, 0.25) is 0 Å². The van der Waals surface area contributed by atoms with Gasteiger partial charge in [-0.15, -0.1) is 0 Å². The molecule has 1 heterocycles. The molecule has 2 rings (SSSR count). The monoisotopic (exact) mass is 290 g/mol. The molecule has 2 aromatic rings. The third-order valence-electron chi connectivity index (χ3n) is 3.41. The van der Waals surface area contributed by atoms with Gasteiger partial charge in [-0.05, 0) is 12.5 Å². The van der Waals surface area contributed by atoms with Crippen molar-refractivity contribution in [2.45, 2.75) is 39.2 Å². The van der Waals surface area contributed by atoms with Crippen molar-refractivity contribution >= 4 is 5.97 Å². The van der Waals surface area contributed by atoms with Gasteiger partial charge in [0, 0.05) is 23.9 Å². The summed E-state index contributed by atoms with van der Waals surface area (Å²) in [4.78, 5) is 11.0. The molecule has 0 saturated carbocycles. The minimum atomic E-state index is -1.26. The number of carboxylic acid groups (broad SMARTS) is 1. The summed E-state index contributed by atoms with van der Waals surface area (Å²) in [6, 6.07) is 4.37. The molecule has 0 aliphatic heterocycles. The Bertz CT molecular complexity index is 622. The van der Waals surface area contributed by atoms with Gasteiger partial charge in [-0.3, -0.25) is 4.68 Å². The molecule has 0 amide bonds. The Hall–Kier alpha value is -2.17. The highest BCUT2D eigenvalue weighted by Gasteiger charge is 2.15. The summed E-state index contributed by atoms with van der Waals surface area (Å²) in [6.45, 7) is 2.95. The highest BCUT2D eigenvalue weighted by molar-refractivity contribution is 5.89. The third-order valence-corrected chi connectivity index (χ3v) is 3.41. The lowest BCUT2D eigenvalue weighted by Gasteiger charge is -2.03.